The normalized spacial score (nSPS) is 10.7. The zero-order valence-electron chi connectivity index (χ0n) is 13.1. The number of halogens is 2. The molecule has 2 amide bonds. The lowest BCUT2D eigenvalue weighted by molar-refractivity contribution is -0.136. The molecule has 24 heavy (non-hydrogen) atoms. The van der Waals surface area contributed by atoms with Crippen LogP contribution in [0.4, 0.5) is 5.69 Å². The quantitative estimate of drug-likeness (QED) is 0.495. The molecular formula is C17H15Cl2N3O2. The third-order valence-electron chi connectivity index (χ3n) is 3.18. The van der Waals surface area contributed by atoms with Crippen molar-refractivity contribution in [3.8, 4) is 0 Å². The fourth-order valence-corrected chi connectivity index (χ4v) is 2.32. The second kappa shape index (κ2) is 7.95. The number of benzene rings is 2. The Balaban J connectivity index is 1.97. The summed E-state index contributed by atoms with van der Waals surface area (Å²) in [5.41, 5.74) is 5.14. The van der Waals surface area contributed by atoms with Gasteiger partial charge in [0.05, 0.1) is 11.2 Å². The van der Waals surface area contributed by atoms with E-state index in [9.17, 15) is 9.59 Å². The average Bonchev–Trinajstić information content (AvgIpc) is 2.52. The molecular weight excluding hydrogens is 349 g/mol. The highest BCUT2D eigenvalue weighted by atomic mass is 35.5. The fourth-order valence-electron chi connectivity index (χ4n) is 1.87. The molecule has 0 aromatic heterocycles. The number of carbonyl (C=O) groups excluding carboxylic acids is 2. The van der Waals surface area contributed by atoms with Crippen LogP contribution in [0.1, 0.15) is 16.7 Å². The molecule has 0 heterocycles. The van der Waals surface area contributed by atoms with Gasteiger partial charge in [-0.05, 0) is 43.2 Å². The summed E-state index contributed by atoms with van der Waals surface area (Å²) in [4.78, 5) is 23.7. The predicted molar refractivity (Wildman–Crippen MR) is 96.7 cm³/mol. The van der Waals surface area contributed by atoms with E-state index in [0.717, 1.165) is 11.1 Å². The van der Waals surface area contributed by atoms with Crippen LogP contribution in [0.15, 0.2) is 41.5 Å². The zero-order chi connectivity index (χ0) is 17.7. The SMILES string of the molecule is Cc1ccc(C)c(NC(=O)C(=O)NN=Cc2ccc(Cl)cc2Cl)c1. The molecule has 0 radical (unpaired) electrons. The molecule has 2 aromatic carbocycles. The van der Waals surface area contributed by atoms with Gasteiger partial charge in [0, 0.05) is 16.3 Å². The topological polar surface area (TPSA) is 70.6 Å². The Morgan fingerprint density at radius 1 is 1.04 bits per heavy atom. The number of rotatable bonds is 3. The molecule has 0 aliphatic carbocycles. The van der Waals surface area contributed by atoms with Crippen molar-refractivity contribution in [2.24, 2.45) is 5.10 Å². The number of carbonyl (C=O) groups is 2. The summed E-state index contributed by atoms with van der Waals surface area (Å²) in [5.74, 6) is -1.68. The number of amides is 2. The number of hydrogen-bond acceptors (Lipinski definition) is 3. The number of nitrogens with one attached hydrogen (secondary N) is 2. The van der Waals surface area contributed by atoms with E-state index in [4.69, 9.17) is 23.2 Å². The Morgan fingerprint density at radius 2 is 1.79 bits per heavy atom. The van der Waals surface area contributed by atoms with E-state index in [1.807, 2.05) is 26.0 Å². The van der Waals surface area contributed by atoms with Gasteiger partial charge in [-0.15, -0.1) is 0 Å². The first-order valence-electron chi connectivity index (χ1n) is 7.03. The van der Waals surface area contributed by atoms with Gasteiger partial charge in [-0.3, -0.25) is 9.59 Å². The first kappa shape index (κ1) is 18.0. The smallest absolute Gasteiger partial charge is 0.317 e. The number of aryl methyl sites for hydroxylation is 2. The summed E-state index contributed by atoms with van der Waals surface area (Å²) < 4.78 is 0. The molecule has 0 saturated carbocycles. The molecule has 0 aliphatic rings. The first-order valence-corrected chi connectivity index (χ1v) is 7.79. The lowest BCUT2D eigenvalue weighted by atomic mass is 10.1. The molecule has 0 bridgehead atoms. The molecule has 0 spiro atoms. The highest BCUT2D eigenvalue weighted by Crippen LogP contribution is 2.19. The monoisotopic (exact) mass is 363 g/mol. The Labute approximate surface area is 149 Å². The third-order valence-corrected chi connectivity index (χ3v) is 3.74. The van der Waals surface area contributed by atoms with Gasteiger partial charge in [0.25, 0.3) is 0 Å². The van der Waals surface area contributed by atoms with E-state index >= 15 is 0 Å². The van der Waals surface area contributed by atoms with Crippen molar-refractivity contribution in [1.82, 2.24) is 5.43 Å². The van der Waals surface area contributed by atoms with Crippen LogP contribution in [0.5, 0.6) is 0 Å². The van der Waals surface area contributed by atoms with E-state index in [2.05, 4.69) is 15.8 Å². The minimum atomic E-state index is -0.878. The van der Waals surface area contributed by atoms with Crippen LogP contribution in [-0.2, 0) is 9.59 Å². The second-order valence-electron chi connectivity index (χ2n) is 5.14. The first-order chi connectivity index (χ1) is 11.4. The Kier molecular flexibility index (Phi) is 5.95. The number of hydrazone groups is 1. The van der Waals surface area contributed by atoms with Crippen molar-refractivity contribution in [2.75, 3.05) is 5.32 Å². The molecule has 2 aromatic rings. The molecule has 0 saturated heterocycles. The summed E-state index contributed by atoms with van der Waals surface area (Å²) in [6, 6.07) is 10.4. The number of hydrogen-bond donors (Lipinski definition) is 2. The molecule has 0 unspecified atom stereocenters. The minimum absolute atomic E-state index is 0.389. The van der Waals surface area contributed by atoms with Crippen molar-refractivity contribution in [2.45, 2.75) is 13.8 Å². The van der Waals surface area contributed by atoms with Crippen molar-refractivity contribution in [3.05, 3.63) is 63.1 Å². The van der Waals surface area contributed by atoms with Gasteiger partial charge in [0.1, 0.15) is 0 Å². The molecule has 7 heteroatoms. The highest BCUT2D eigenvalue weighted by molar-refractivity contribution is 6.39. The third kappa shape index (κ3) is 4.81. The molecule has 5 nitrogen and oxygen atoms in total. The minimum Gasteiger partial charge on any atom is -0.317 e. The van der Waals surface area contributed by atoms with Crippen LogP contribution >= 0.6 is 23.2 Å². The Bertz CT molecular complexity index is 819. The molecule has 0 aliphatic heterocycles. The van der Waals surface area contributed by atoms with E-state index in [0.29, 0.717) is 21.3 Å². The fraction of sp³-hybridized carbons (Fsp3) is 0.118. The maximum Gasteiger partial charge on any atom is 0.329 e. The Hall–Kier alpha value is -2.37. The van der Waals surface area contributed by atoms with Crippen molar-refractivity contribution >= 4 is 46.9 Å². The van der Waals surface area contributed by atoms with Gasteiger partial charge in [-0.2, -0.15) is 5.10 Å². The zero-order valence-corrected chi connectivity index (χ0v) is 14.6. The van der Waals surface area contributed by atoms with Gasteiger partial charge in [-0.25, -0.2) is 5.43 Å². The van der Waals surface area contributed by atoms with Crippen molar-refractivity contribution in [3.63, 3.8) is 0 Å². The largest absolute Gasteiger partial charge is 0.329 e. The summed E-state index contributed by atoms with van der Waals surface area (Å²) >= 11 is 11.8. The summed E-state index contributed by atoms with van der Waals surface area (Å²) in [6.07, 6.45) is 1.34. The van der Waals surface area contributed by atoms with Crippen molar-refractivity contribution < 1.29 is 9.59 Å². The second-order valence-corrected chi connectivity index (χ2v) is 5.98. The molecule has 0 atom stereocenters. The van der Waals surface area contributed by atoms with E-state index in [1.165, 1.54) is 6.21 Å². The number of anilines is 1. The molecule has 2 N–H and O–H groups in total. The van der Waals surface area contributed by atoms with Crippen LogP contribution < -0.4 is 10.7 Å². The highest BCUT2D eigenvalue weighted by Gasteiger charge is 2.14. The molecule has 0 fully saturated rings. The maximum atomic E-state index is 11.9. The van der Waals surface area contributed by atoms with Crippen LogP contribution in [-0.4, -0.2) is 18.0 Å². The summed E-state index contributed by atoms with van der Waals surface area (Å²) in [7, 11) is 0. The molecule has 2 rings (SSSR count). The van der Waals surface area contributed by atoms with Crippen LogP contribution in [0.2, 0.25) is 10.0 Å². The van der Waals surface area contributed by atoms with Gasteiger partial charge < -0.3 is 5.32 Å². The number of nitrogens with zero attached hydrogens (tertiary/aromatic N) is 1. The van der Waals surface area contributed by atoms with E-state index in [-0.39, 0.29) is 0 Å². The van der Waals surface area contributed by atoms with Gasteiger partial charge in [-0.1, -0.05) is 41.4 Å². The summed E-state index contributed by atoms with van der Waals surface area (Å²) in [6.45, 7) is 3.74. The lowest BCUT2D eigenvalue weighted by Crippen LogP contribution is -2.32. The van der Waals surface area contributed by atoms with Gasteiger partial charge in [0.15, 0.2) is 0 Å². The Morgan fingerprint density at radius 3 is 2.50 bits per heavy atom. The standard InChI is InChI=1S/C17H15Cl2N3O2/c1-10-3-4-11(2)15(7-10)21-16(23)17(24)22-20-9-12-5-6-13(18)8-14(12)19/h3-9H,1-2H3,(H,21,23)(H,22,24). The molecule has 124 valence electrons. The summed E-state index contributed by atoms with van der Waals surface area (Å²) in [5, 5.41) is 7.16. The van der Waals surface area contributed by atoms with Crippen molar-refractivity contribution in [1.29, 1.82) is 0 Å². The lowest BCUT2D eigenvalue weighted by Gasteiger charge is -2.08. The van der Waals surface area contributed by atoms with E-state index in [1.54, 1.807) is 24.3 Å². The van der Waals surface area contributed by atoms with Crippen LogP contribution in [0.3, 0.4) is 0 Å². The van der Waals surface area contributed by atoms with E-state index < -0.39 is 11.8 Å². The van der Waals surface area contributed by atoms with Gasteiger partial charge >= 0.3 is 11.8 Å². The van der Waals surface area contributed by atoms with Gasteiger partial charge in [0.2, 0.25) is 0 Å². The van der Waals surface area contributed by atoms with Crippen LogP contribution in [0.25, 0.3) is 0 Å². The average molecular weight is 364 g/mol. The van der Waals surface area contributed by atoms with Crippen LogP contribution in [0, 0.1) is 13.8 Å². The predicted octanol–water partition coefficient (Wildman–Crippen LogP) is 3.70. The maximum absolute atomic E-state index is 11.9.